The third kappa shape index (κ3) is 3.04. The van der Waals surface area contributed by atoms with Gasteiger partial charge in [0.25, 0.3) is 0 Å². The fraction of sp³-hybridized carbons (Fsp3) is 0.333. The van der Waals surface area contributed by atoms with E-state index < -0.39 is 0 Å². The van der Waals surface area contributed by atoms with Gasteiger partial charge in [-0.2, -0.15) is 4.98 Å². The Hall–Kier alpha value is -1.88. The summed E-state index contributed by atoms with van der Waals surface area (Å²) in [6, 6.07) is 7.80. The van der Waals surface area contributed by atoms with E-state index in [-0.39, 0.29) is 0 Å². The maximum atomic E-state index is 5.42. The van der Waals surface area contributed by atoms with Gasteiger partial charge in [0.15, 0.2) is 5.82 Å². The Kier molecular flexibility index (Phi) is 3.72. The fourth-order valence-corrected chi connectivity index (χ4v) is 1.55. The van der Waals surface area contributed by atoms with Gasteiger partial charge in [-0.05, 0) is 17.7 Å². The SMILES string of the molecule is COc1cccc(Cc2noc(CCN)n2)c1. The summed E-state index contributed by atoms with van der Waals surface area (Å²) in [5.41, 5.74) is 6.50. The molecule has 0 amide bonds. The molecular weight excluding hydrogens is 218 g/mol. The topological polar surface area (TPSA) is 74.2 Å². The summed E-state index contributed by atoms with van der Waals surface area (Å²) in [5, 5.41) is 3.90. The van der Waals surface area contributed by atoms with Gasteiger partial charge >= 0.3 is 0 Å². The maximum absolute atomic E-state index is 5.42. The van der Waals surface area contributed by atoms with Gasteiger partial charge in [0, 0.05) is 19.4 Å². The molecule has 1 aromatic heterocycles. The van der Waals surface area contributed by atoms with Crippen LogP contribution in [0.1, 0.15) is 17.3 Å². The van der Waals surface area contributed by atoms with E-state index in [0.717, 1.165) is 11.3 Å². The molecule has 0 atom stereocenters. The molecule has 0 unspecified atom stereocenters. The summed E-state index contributed by atoms with van der Waals surface area (Å²) in [6.07, 6.45) is 1.25. The van der Waals surface area contributed by atoms with Gasteiger partial charge in [0.2, 0.25) is 5.89 Å². The van der Waals surface area contributed by atoms with Crippen molar-refractivity contribution in [3.8, 4) is 5.75 Å². The Balaban J connectivity index is 2.08. The summed E-state index contributed by atoms with van der Waals surface area (Å²) < 4.78 is 10.2. The van der Waals surface area contributed by atoms with Gasteiger partial charge in [-0.1, -0.05) is 17.3 Å². The van der Waals surface area contributed by atoms with Gasteiger partial charge in [-0.25, -0.2) is 0 Å². The molecule has 0 fully saturated rings. The first-order valence-electron chi connectivity index (χ1n) is 5.46. The van der Waals surface area contributed by atoms with E-state index in [2.05, 4.69) is 10.1 Å². The number of hydrogen-bond acceptors (Lipinski definition) is 5. The number of methoxy groups -OCH3 is 1. The van der Waals surface area contributed by atoms with Crippen LogP contribution >= 0.6 is 0 Å². The standard InChI is InChI=1S/C12H15N3O2/c1-16-10-4-2-3-9(7-10)8-11-14-12(5-6-13)17-15-11/h2-4,7H,5-6,8,13H2,1H3. The molecule has 0 saturated heterocycles. The summed E-state index contributed by atoms with van der Waals surface area (Å²) >= 11 is 0. The van der Waals surface area contributed by atoms with E-state index in [4.69, 9.17) is 15.0 Å². The molecule has 2 aromatic rings. The second-order valence-corrected chi connectivity index (χ2v) is 3.67. The highest BCUT2D eigenvalue weighted by atomic mass is 16.5. The lowest BCUT2D eigenvalue weighted by Gasteiger charge is -2.01. The summed E-state index contributed by atoms with van der Waals surface area (Å²) in [5.74, 6) is 2.08. The van der Waals surface area contributed by atoms with Crippen LogP contribution in [0.2, 0.25) is 0 Å². The lowest BCUT2D eigenvalue weighted by Crippen LogP contribution is -2.02. The number of nitrogens with two attached hydrogens (primary N) is 1. The van der Waals surface area contributed by atoms with Crippen molar-refractivity contribution < 1.29 is 9.26 Å². The monoisotopic (exact) mass is 233 g/mol. The Bertz CT molecular complexity index is 482. The molecule has 0 spiro atoms. The van der Waals surface area contributed by atoms with Gasteiger partial charge in [-0.15, -0.1) is 0 Å². The third-order valence-electron chi connectivity index (χ3n) is 2.36. The second-order valence-electron chi connectivity index (χ2n) is 3.67. The number of aromatic nitrogens is 2. The summed E-state index contributed by atoms with van der Waals surface area (Å²) in [7, 11) is 1.65. The largest absolute Gasteiger partial charge is 0.497 e. The van der Waals surface area contributed by atoms with Gasteiger partial charge in [-0.3, -0.25) is 0 Å². The number of ether oxygens (including phenoxy) is 1. The molecule has 17 heavy (non-hydrogen) atoms. The van der Waals surface area contributed by atoms with Crippen molar-refractivity contribution in [3.63, 3.8) is 0 Å². The third-order valence-corrected chi connectivity index (χ3v) is 2.36. The second kappa shape index (κ2) is 5.45. The van der Waals surface area contributed by atoms with E-state index in [9.17, 15) is 0 Å². The molecule has 5 nitrogen and oxygen atoms in total. The lowest BCUT2D eigenvalue weighted by molar-refractivity contribution is 0.375. The minimum absolute atomic E-state index is 0.515. The van der Waals surface area contributed by atoms with E-state index in [1.54, 1.807) is 7.11 Å². The molecule has 1 heterocycles. The average molecular weight is 233 g/mol. The van der Waals surface area contributed by atoms with Crippen molar-refractivity contribution in [2.24, 2.45) is 5.73 Å². The van der Waals surface area contributed by atoms with Crippen molar-refractivity contribution in [1.82, 2.24) is 10.1 Å². The van der Waals surface area contributed by atoms with Crippen molar-refractivity contribution >= 4 is 0 Å². The molecule has 0 radical (unpaired) electrons. The number of rotatable bonds is 5. The normalized spacial score (nSPS) is 10.5. The van der Waals surface area contributed by atoms with E-state index in [0.29, 0.717) is 31.1 Å². The molecule has 0 aliphatic carbocycles. The first-order valence-corrected chi connectivity index (χ1v) is 5.46. The zero-order valence-electron chi connectivity index (χ0n) is 9.72. The van der Waals surface area contributed by atoms with Crippen LogP contribution in [0.4, 0.5) is 0 Å². The zero-order valence-corrected chi connectivity index (χ0v) is 9.72. The molecule has 0 bridgehead atoms. The van der Waals surface area contributed by atoms with Crippen LogP contribution in [0.15, 0.2) is 28.8 Å². The fourth-order valence-electron chi connectivity index (χ4n) is 1.55. The molecule has 0 aliphatic heterocycles. The first-order chi connectivity index (χ1) is 8.31. The number of hydrogen-bond donors (Lipinski definition) is 1. The maximum Gasteiger partial charge on any atom is 0.227 e. The Morgan fingerprint density at radius 3 is 3.06 bits per heavy atom. The Morgan fingerprint density at radius 1 is 1.41 bits per heavy atom. The van der Waals surface area contributed by atoms with Gasteiger partial charge in [0.05, 0.1) is 7.11 Å². The zero-order chi connectivity index (χ0) is 12.1. The van der Waals surface area contributed by atoms with Crippen LogP contribution in [0.3, 0.4) is 0 Å². The molecule has 0 saturated carbocycles. The van der Waals surface area contributed by atoms with E-state index in [1.165, 1.54) is 0 Å². The molecule has 1 aromatic carbocycles. The summed E-state index contributed by atoms with van der Waals surface area (Å²) in [6.45, 7) is 0.515. The van der Waals surface area contributed by atoms with Crippen LogP contribution in [-0.2, 0) is 12.8 Å². The van der Waals surface area contributed by atoms with Crippen LogP contribution in [0, 0.1) is 0 Å². The highest BCUT2D eigenvalue weighted by molar-refractivity contribution is 5.29. The quantitative estimate of drug-likeness (QED) is 0.839. The molecule has 2 N–H and O–H groups in total. The predicted octanol–water partition coefficient (Wildman–Crippen LogP) is 1.17. The minimum Gasteiger partial charge on any atom is -0.497 e. The summed E-state index contributed by atoms with van der Waals surface area (Å²) in [4.78, 5) is 4.25. The molecule has 2 rings (SSSR count). The van der Waals surface area contributed by atoms with Gasteiger partial charge < -0.3 is 15.0 Å². The van der Waals surface area contributed by atoms with Crippen molar-refractivity contribution in [3.05, 3.63) is 41.5 Å². The van der Waals surface area contributed by atoms with Crippen molar-refractivity contribution in [1.29, 1.82) is 0 Å². The van der Waals surface area contributed by atoms with E-state index >= 15 is 0 Å². The lowest BCUT2D eigenvalue weighted by atomic mass is 10.1. The molecular formula is C12H15N3O2. The van der Waals surface area contributed by atoms with Crippen molar-refractivity contribution in [2.45, 2.75) is 12.8 Å². The predicted molar refractivity (Wildman–Crippen MR) is 62.9 cm³/mol. The first kappa shape index (κ1) is 11.6. The van der Waals surface area contributed by atoms with Crippen LogP contribution in [0.25, 0.3) is 0 Å². The smallest absolute Gasteiger partial charge is 0.227 e. The Morgan fingerprint density at radius 2 is 2.29 bits per heavy atom. The Labute approximate surface area is 99.6 Å². The number of benzene rings is 1. The average Bonchev–Trinajstić information content (AvgIpc) is 2.77. The molecule has 90 valence electrons. The van der Waals surface area contributed by atoms with Crippen LogP contribution in [0.5, 0.6) is 5.75 Å². The number of nitrogens with zero attached hydrogens (tertiary/aromatic N) is 2. The minimum atomic E-state index is 0.515. The molecule has 5 heteroatoms. The van der Waals surface area contributed by atoms with E-state index in [1.807, 2.05) is 24.3 Å². The van der Waals surface area contributed by atoms with Crippen LogP contribution < -0.4 is 10.5 Å². The highest BCUT2D eigenvalue weighted by Crippen LogP contribution is 2.14. The molecule has 0 aliphatic rings. The van der Waals surface area contributed by atoms with Gasteiger partial charge in [0.1, 0.15) is 5.75 Å². The van der Waals surface area contributed by atoms with Crippen LogP contribution in [-0.4, -0.2) is 23.8 Å². The highest BCUT2D eigenvalue weighted by Gasteiger charge is 2.06. The van der Waals surface area contributed by atoms with Crippen molar-refractivity contribution in [2.75, 3.05) is 13.7 Å².